The van der Waals surface area contributed by atoms with Gasteiger partial charge < -0.3 is 4.74 Å². The molecule has 4 rings (SSSR count). The number of hydrogen-bond donors (Lipinski definition) is 0. The molecule has 0 aliphatic carbocycles. The van der Waals surface area contributed by atoms with Crippen LogP contribution in [0.15, 0.2) is 66.7 Å². The molecule has 0 aliphatic rings. The maximum absolute atomic E-state index is 6.34. The zero-order chi connectivity index (χ0) is 23.8. The van der Waals surface area contributed by atoms with E-state index in [1.807, 2.05) is 60.7 Å². The molecule has 0 N–H and O–H groups in total. The molecule has 3 aromatic carbocycles. The number of aromatic nitrogens is 2. The minimum Gasteiger partial charge on any atom is -0.494 e. The van der Waals surface area contributed by atoms with Gasteiger partial charge in [-0.3, -0.25) is 0 Å². The second-order valence-electron chi connectivity index (χ2n) is 8.25. The molecule has 0 unspecified atom stereocenters. The molecule has 0 spiro atoms. The molecule has 6 heteroatoms. The van der Waals surface area contributed by atoms with Crippen molar-refractivity contribution in [2.75, 3.05) is 6.61 Å². The Balaban J connectivity index is 1.35. The molecule has 1 heterocycles. The maximum atomic E-state index is 6.34. The van der Waals surface area contributed by atoms with E-state index in [1.165, 1.54) is 32.1 Å². The second-order valence-corrected chi connectivity index (χ2v) is 10.1. The molecule has 0 fully saturated rings. The number of rotatable bonds is 11. The third-order valence-electron chi connectivity index (χ3n) is 5.66. The van der Waals surface area contributed by atoms with Crippen molar-refractivity contribution in [2.24, 2.45) is 0 Å². The van der Waals surface area contributed by atoms with E-state index >= 15 is 0 Å². The molecule has 0 radical (unpaired) electrons. The first-order valence-corrected chi connectivity index (χ1v) is 13.3. The monoisotopic (exact) mass is 510 g/mol. The molecule has 1 aromatic heterocycles. The van der Waals surface area contributed by atoms with Gasteiger partial charge in [-0.05, 0) is 54.4 Å². The van der Waals surface area contributed by atoms with Gasteiger partial charge in [0.1, 0.15) is 15.8 Å². The first-order valence-electron chi connectivity index (χ1n) is 11.8. The standard InChI is InChI=1S/C28H28Cl2N2OS/c1-2-3-4-5-6-7-18-33-24-15-12-22(13-16-24)28-32-31-27(34-28)21-10-8-20(9-11-21)25-19-23(29)14-17-26(25)30/h8-17,19H,2-7,18H2,1H3. The van der Waals surface area contributed by atoms with Crippen molar-refractivity contribution in [3.05, 3.63) is 76.8 Å². The highest BCUT2D eigenvalue weighted by Gasteiger charge is 2.10. The molecule has 0 aliphatic heterocycles. The second kappa shape index (κ2) is 12.3. The number of halogens is 2. The van der Waals surface area contributed by atoms with Crippen LogP contribution < -0.4 is 4.74 Å². The van der Waals surface area contributed by atoms with Crippen LogP contribution in [0.4, 0.5) is 0 Å². The summed E-state index contributed by atoms with van der Waals surface area (Å²) in [5.74, 6) is 0.900. The van der Waals surface area contributed by atoms with Gasteiger partial charge in [-0.2, -0.15) is 0 Å². The third kappa shape index (κ3) is 6.59. The Kier molecular flexibility index (Phi) is 8.97. The lowest BCUT2D eigenvalue weighted by Crippen LogP contribution is -1.97. The number of nitrogens with zero attached hydrogens (tertiary/aromatic N) is 2. The van der Waals surface area contributed by atoms with Gasteiger partial charge in [-0.15, -0.1) is 10.2 Å². The molecule has 0 saturated heterocycles. The molecule has 34 heavy (non-hydrogen) atoms. The van der Waals surface area contributed by atoms with Crippen molar-refractivity contribution >= 4 is 34.5 Å². The van der Waals surface area contributed by atoms with Crippen LogP contribution in [0.1, 0.15) is 45.4 Å². The lowest BCUT2D eigenvalue weighted by molar-refractivity contribution is 0.304. The van der Waals surface area contributed by atoms with E-state index < -0.39 is 0 Å². The average Bonchev–Trinajstić information content (AvgIpc) is 3.36. The van der Waals surface area contributed by atoms with Crippen LogP contribution in [0, 0.1) is 0 Å². The molecular weight excluding hydrogens is 483 g/mol. The van der Waals surface area contributed by atoms with E-state index in [-0.39, 0.29) is 0 Å². The number of unbranched alkanes of at least 4 members (excludes halogenated alkanes) is 5. The molecular formula is C28H28Cl2N2OS. The fraction of sp³-hybridized carbons (Fsp3) is 0.286. The average molecular weight is 512 g/mol. The normalized spacial score (nSPS) is 11.0. The minimum absolute atomic E-state index is 0.663. The lowest BCUT2D eigenvalue weighted by Gasteiger charge is -2.06. The third-order valence-corrected chi connectivity index (χ3v) is 7.25. The zero-order valence-corrected chi connectivity index (χ0v) is 21.6. The first kappa shape index (κ1) is 24.7. The summed E-state index contributed by atoms with van der Waals surface area (Å²) in [6.07, 6.45) is 7.58. The minimum atomic E-state index is 0.663. The van der Waals surface area contributed by atoms with Crippen LogP contribution in [-0.4, -0.2) is 16.8 Å². The van der Waals surface area contributed by atoms with E-state index in [9.17, 15) is 0 Å². The Labute approximate surface area is 215 Å². The summed E-state index contributed by atoms with van der Waals surface area (Å²) in [7, 11) is 0. The summed E-state index contributed by atoms with van der Waals surface area (Å²) >= 11 is 14.0. The number of benzene rings is 3. The predicted molar refractivity (Wildman–Crippen MR) is 145 cm³/mol. The Morgan fingerprint density at radius 1 is 0.706 bits per heavy atom. The van der Waals surface area contributed by atoms with E-state index in [1.54, 1.807) is 17.4 Å². The van der Waals surface area contributed by atoms with Crippen molar-refractivity contribution in [2.45, 2.75) is 45.4 Å². The molecule has 4 aromatic rings. The van der Waals surface area contributed by atoms with Gasteiger partial charge in [-0.1, -0.05) is 97.8 Å². The summed E-state index contributed by atoms with van der Waals surface area (Å²) in [4.78, 5) is 0. The van der Waals surface area contributed by atoms with Crippen LogP contribution in [0.25, 0.3) is 32.3 Å². The van der Waals surface area contributed by atoms with Crippen LogP contribution in [0.3, 0.4) is 0 Å². The smallest absolute Gasteiger partial charge is 0.148 e. The van der Waals surface area contributed by atoms with Crippen LogP contribution in [0.2, 0.25) is 10.0 Å². The lowest BCUT2D eigenvalue weighted by atomic mass is 10.0. The highest BCUT2D eigenvalue weighted by atomic mass is 35.5. The van der Waals surface area contributed by atoms with Crippen LogP contribution >= 0.6 is 34.5 Å². The summed E-state index contributed by atoms with van der Waals surface area (Å²) in [5, 5.41) is 11.9. The molecule has 176 valence electrons. The zero-order valence-electron chi connectivity index (χ0n) is 19.3. The van der Waals surface area contributed by atoms with E-state index in [2.05, 4.69) is 17.1 Å². The van der Waals surface area contributed by atoms with Crippen molar-refractivity contribution in [1.29, 1.82) is 0 Å². The maximum Gasteiger partial charge on any atom is 0.148 e. The van der Waals surface area contributed by atoms with E-state index in [0.717, 1.165) is 51.0 Å². The van der Waals surface area contributed by atoms with Crippen molar-refractivity contribution in [3.8, 4) is 38.0 Å². The van der Waals surface area contributed by atoms with Gasteiger partial charge in [0, 0.05) is 26.7 Å². The van der Waals surface area contributed by atoms with Crippen molar-refractivity contribution in [1.82, 2.24) is 10.2 Å². The topological polar surface area (TPSA) is 35.0 Å². The Morgan fingerprint density at radius 3 is 1.97 bits per heavy atom. The van der Waals surface area contributed by atoms with Gasteiger partial charge >= 0.3 is 0 Å². The van der Waals surface area contributed by atoms with Crippen LogP contribution in [0.5, 0.6) is 5.75 Å². The Bertz CT molecular complexity index is 1190. The first-order chi connectivity index (χ1) is 16.6. The Morgan fingerprint density at radius 2 is 1.29 bits per heavy atom. The van der Waals surface area contributed by atoms with Crippen molar-refractivity contribution in [3.63, 3.8) is 0 Å². The van der Waals surface area contributed by atoms with Gasteiger partial charge in [0.15, 0.2) is 0 Å². The quantitative estimate of drug-likeness (QED) is 0.188. The van der Waals surface area contributed by atoms with E-state index in [0.29, 0.717) is 10.0 Å². The number of hydrogen-bond acceptors (Lipinski definition) is 4. The summed E-state index contributed by atoms with van der Waals surface area (Å²) in [6.45, 7) is 3.01. The fourth-order valence-electron chi connectivity index (χ4n) is 3.73. The Hall–Kier alpha value is -2.40. The van der Waals surface area contributed by atoms with Crippen molar-refractivity contribution < 1.29 is 4.74 Å². The number of ether oxygens (including phenoxy) is 1. The highest BCUT2D eigenvalue weighted by Crippen LogP contribution is 2.34. The fourth-order valence-corrected chi connectivity index (χ4v) is 4.99. The van der Waals surface area contributed by atoms with Gasteiger partial charge in [0.05, 0.1) is 6.61 Å². The largest absolute Gasteiger partial charge is 0.494 e. The van der Waals surface area contributed by atoms with Gasteiger partial charge in [-0.25, -0.2) is 0 Å². The van der Waals surface area contributed by atoms with Gasteiger partial charge in [0.2, 0.25) is 0 Å². The summed E-state index contributed by atoms with van der Waals surface area (Å²) < 4.78 is 5.89. The molecule has 0 bridgehead atoms. The summed E-state index contributed by atoms with van der Waals surface area (Å²) in [6, 6.07) is 21.7. The molecule has 0 amide bonds. The van der Waals surface area contributed by atoms with Gasteiger partial charge in [0.25, 0.3) is 0 Å². The molecule has 0 atom stereocenters. The van der Waals surface area contributed by atoms with Crippen LogP contribution in [-0.2, 0) is 0 Å². The molecule has 3 nitrogen and oxygen atoms in total. The highest BCUT2D eigenvalue weighted by molar-refractivity contribution is 7.17. The molecule has 0 saturated carbocycles. The predicted octanol–water partition coefficient (Wildman–Crippen LogP) is 9.59. The SMILES string of the molecule is CCCCCCCCOc1ccc(-c2nnc(-c3ccc(-c4cc(Cl)ccc4Cl)cc3)s2)cc1. The summed E-state index contributed by atoms with van der Waals surface area (Å²) in [5.41, 5.74) is 3.98. The van der Waals surface area contributed by atoms with E-state index in [4.69, 9.17) is 27.9 Å².